The molecule has 0 atom stereocenters. The highest BCUT2D eigenvalue weighted by Crippen LogP contribution is 2.25. The van der Waals surface area contributed by atoms with Crippen LogP contribution < -0.4 is 4.90 Å². The third-order valence-electron chi connectivity index (χ3n) is 2.46. The normalized spacial score (nSPS) is 18.2. The summed E-state index contributed by atoms with van der Waals surface area (Å²) in [5.41, 5.74) is 0. The molecule has 1 N–H and O–H groups in total. The molecule has 2 rings (SSSR count). The first-order valence-electron chi connectivity index (χ1n) is 4.78. The van der Waals surface area contributed by atoms with E-state index in [4.69, 9.17) is 11.6 Å². The van der Waals surface area contributed by atoms with Crippen LogP contribution in [0.15, 0.2) is 6.20 Å². The van der Waals surface area contributed by atoms with E-state index in [2.05, 4.69) is 9.97 Å². The molecule has 0 amide bonds. The Morgan fingerprint density at radius 2 is 2.13 bits per heavy atom. The molecule has 1 saturated heterocycles. The number of hydrogen-bond donors (Lipinski definition) is 1. The Bertz CT molecular complexity index is 355. The molecule has 0 spiro atoms. The molecule has 1 aromatic heterocycles. The molecule has 82 valence electrons. The summed E-state index contributed by atoms with van der Waals surface area (Å²) in [6, 6.07) is 0. The van der Waals surface area contributed by atoms with Crippen molar-refractivity contribution in [1.29, 1.82) is 0 Å². The molecule has 0 saturated carbocycles. The summed E-state index contributed by atoms with van der Waals surface area (Å²) < 4.78 is 12.8. The quantitative estimate of drug-likeness (QED) is 0.739. The fourth-order valence-electron chi connectivity index (χ4n) is 1.64. The zero-order valence-corrected chi connectivity index (χ0v) is 8.78. The summed E-state index contributed by atoms with van der Waals surface area (Å²) in [4.78, 5) is 8.88. The van der Waals surface area contributed by atoms with E-state index in [1.54, 1.807) is 0 Å². The topological polar surface area (TPSA) is 49.2 Å². The predicted molar refractivity (Wildman–Crippen MR) is 54.5 cm³/mol. The molecule has 15 heavy (non-hydrogen) atoms. The molecule has 0 aliphatic carbocycles. The van der Waals surface area contributed by atoms with Gasteiger partial charge in [0.15, 0.2) is 5.82 Å². The van der Waals surface area contributed by atoms with E-state index in [1.807, 2.05) is 4.90 Å². The highest BCUT2D eigenvalue weighted by Gasteiger charge is 2.20. The summed E-state index contributed by atoms with van der Waals surface area (Å²) in [5, 5.41) is 9.67. The second-order valence-electron chi connectivity index (χ2n) is 3.53. The maximum atomic E-state index is 12.8. The van der Waals surface area contributed by atoms with Crippen LogP contribution in [0.5, 0.6) is 0 Å². The number of halogens is 2. The lowest BCUT2D eigenvalue weighted by Crippen LogP contribution is -2.36. The van der Waals surface area contributed by atoms with Gasteiger partial charge in [0.25, 0.3) is 0 Å². The van der Waals surface area contributed by atoms with Crippen molar-refractivity contribution >= 4 is 17.4 Å². The van der Waals surface area contributed by atoms with Gasteiger partial charge in [-0.15, -0.1) is 0 Å². The van der Waals surface area contributed by atoms with Crippen LogP contribution in [-0.2, 0) is 0 Å². The molecule has 1 aliphatic heterocycles. The van der Waals surface area contributed by atoms with Crippen LogP contribution in [0.2, 0.25) is 5.02 Å². The fourth-order valence-corrected chi connectivity index (χ4v) is 1.85. The molecule has 0 bridgehead atoms. The van der Waals surface area contributed by atoms with E-state index in [-0.39, 0.29) is 6.10 Å². The minimum atomic E-state index is -0.777. The summed E-state index contributed by atoms with van der Waals surface area (Å²) in [6.07, 6.45) is 1.51. The van der Waals surface area contributed by atoms with Crippen molar-refractivity contribution in [3.8, 4) is 0 Å². The molecule has 6 heteroatoms. The molecular formula is C9H11ClFN3O. The van der Waals surface area contributed by atoms with Crippen LogP contribution in [0.1, 0.15) is 12.8 Å². The van der Waals surface area contributed by atoms with E-state index in [9.17, 15) is 9.50 Å². The maximum Gasteiger partial charge on any atom is 0.310 e. The first-order chi connectivity index (χ1) is 7.16. The average molecular weight is 232 g/mol. The SMILES string of the molecule is OC1CCN(c2nc(F)ncc2Cl)CC1. The van der Waals surface area contributed by atoms with Gasteiger partial charge in [0.1, 0.15) is 5.02 Å². The van der Waals surface area contributed by atoms with Gasteiger partial charge in [0.2, 0.25) is 0 Å². The van der Waals surface area contributed by atoms with E-state index in [0.717, 1.165) is 0 Å². The maximum absolute atomic E-state index is 12.8. The first-order valence-corrected chi connectivity index (χ1v) is 5.15. The lowest BCUT2D eigenvalue weighted by atomic mass is 10.1. The van der Waals surface area contributed by atoms with E-state index < -0.39 is 6.08 Å². The van der Waals surface area contributed by atoms with Crippen molar-refractivity contribution in [2.45, 2.75) is 18.9 Å². The van der Waals surface area contributed by atoms with Crippen LogP contribution in [0.3, 0.4) is 0 Å². The van der Waals surface area contributed by atoms with Gasteiger partial charge in [-0.2, -0.15) is 9.37 Å². The van der Waals surface area contributed by atoms with Crippen LogP contribution in [-0.4, -0.2) is 34.3 Å². The van der Waals surface area contributed by atoms with Crippen molar-refractivity contribution in [3.63, 3.8) is 0 Å². The Morgan fingerprint density at radius 3 is 2.80 bits per heavy atom. The Kier molecular flexibility index (Phi) is 3.02. The molecule has 1 fully saturated rings. The van der Waals surface area contributed by atoms with Crippen LogP contribution in [0, 0.1) is 6.08 Å². The number of nitrogens with zero attached hydrogens (tertiary/aromatic N) is 3. The molecule has 1 aromatic rings. The lowest BCUT2D eigenvalue weighted by Gasteiger charge is -2.30. The van der Waals surface area contributed by atoms with E-state index in [1.165, 1.54) is 6.20 Å². The van der Waals surface area contributed by atoms with E-state index >= 15 is 0 Å². The number of anilines is 1. The molecular weight excluding hydrogens is 221 g/mol. The highest BCUT2D eigenvalue weighted by atomic mass is 35.5. The number of rotatable bonds is 1. The van der Waals surface area contributed by atoms with Gasteiger partial charge in [0, 0.05) is 13.1 Å². The second kappa shape index (κ2) is 4.28. The number of aliphatic hydroxyl groups is 1. The summed E-state index contributed by atoms with van der Waals surface area (Å²) in [5.74, 6) is 0.413. The monoisotopic (exact) mass is 231 g/mol. The standard InChI is InChI=1S/C9H11ClFN3O/c10-7-5-12-9(11)13-8(7)14-3-1-6(15)2-4-14/h5-6,15H,1-4H2. The van der Waals surface area contributed by atoms with Crippen LogP contribution in [0.4, 0.5) is 10.2 Å². The number of aromatic nitrogens is 2. The fraction of sp³-hybridized carbons (Fsp3) is 0.556. The number of aliphatic hydroxyl groups excluding tert-OH is 1. The van der Waals surface area contributed by atoms with Gasteiger partial charge in [-0.3, -0.25) is 0 Å². The molecule has 0 unspecified atom stereocenters. The molecule has 0 aromatic carbocycles. The van der Waals surface area contributed by atoms with Gasteiger partial charge >= 0.3 is 6.08 Å². The smallest absolute Gasteiger partial charge is 0.310 e. The van der Waals surface area contributed by atoms with Crippen molar-refractivity contribution in [3.05, 3.63) is 17.3 Å². The van der Waals surface area contributed by atoms with Crippen molar-refractivity contribution in [1.82, 2.24) is 9.97 Å². The third kappa shape index (κ3) is 2.35. The zero-order valence-electron chi connectivity index (χ0n) is 8.03. The van der Waals surface area contributed by atoms with Gasteiger partial charge < -0.3 is 10.0 Å². The first kappa shape index (κ1) is 10.6. The minimum Gasteiger partial charge on any atom is -0.393 e. The van der Waals surface area contributed by atoms with Gasteiger partial charge in [-0.05, 0) is 12.8 Å². The van der Waals surface area contributed by atoms with Gasteiger partial charge in [-0.25, -0.2) is 4.98 Å². The molecule has 0 radical (unpaired) electrons. The van der Waals surface area contributed by atoms with Crippen molar-refractivity contribution < 1.29 is 9.50 Å². The largest absolute Gasteiger partial charge is 0.393 e. The lowest BCUT2D eigenvalue weighted by molar-refractivity contribution is 0.145. The summed E-state index contributed by atoms with van der Waals surface area (Å²) in [6.45, 7) is 1.27. The molecule has 1 aliphatic rings. The van der Waals surface area contributed by atoms with Crippen molar-refractivity contribution in [2.24, 2.45) is 0 Å². The average Bonchev–Trinajstić information content (AvgIpc) is 2.23. The number of hydrogen-bond acceptors (Lipinski definition) is 4. The van der Waals surface area contributed by atoms with Crippen LogP contribution in [0.25, 0.3) is 0 Å². The third-order valence-corrected chi connectivity index (χ3v) is 2.73. The van der Waals surface area contributed by atoms with E-state index in [0.29, 0.717) is 36.8 Å². The van der Waals surface area contributed by atoms with Crippen LogP contribution >= 0.6 is 11.6 Å². The Morgan fingerprint density at radius 1 is 1.47 bits per heavy atom. The molecule has 2 heterocycles. The second-order valence-corrected chi connectivity index (χ2v) is 3.94. The summed E-state index contributed by atoms with van der Waals surface area (Å²) in [7, 11) is 0. The number of piperidine rings is 1. The summed E-state index contributed by atoms with van der Waals surface area (Å²) >= 11 is 5.87. The Labute approximate surface area is 91.7 Å². The van der Waals surface area contributed by atoms with Crippen molar-refractivity contribution in [2.75, 3.05) is 18.0 Å². The Hall–Kier alpha value is -0.940. The predicted octanol–water partition coefficient (Wildman–Crippen LogP) is 1.23. The molecule has 4 nitrogen and oxygen atoms in total. The highest BCUT2D eigenvalue weighted by molar-refractivity contribution is 6.32. The minimum absolute atomic E-state index is 0.272. The van der Waals surface area contributed by atoms with Gasteiger partial charge in [0.05, 0.1) is 12.3 Å². The Balaban J connectivity index is 2.18. The van der Waals surface area contributed by atoms with Gasteiger partial charge in [-0.1, -0.05) is 11.6 Å². The zero-order chi connectivity index (χ0) is 10.8.